The van der Waals surface area contributed by atoms with E-state index in [9.17, 15) is 14.4 Å². The van der Waals surface area contributed by atoms with Crippen LogP contribution in [0.5, 0.6) is 0 Å². The van der Waals surface area contributed by atoms with E-state index in [2.05, 4.69) is 0 Å². The Morgan fingerprint density at radius 2 is 1.85 bits per heavy atom. The fraction of sp³-hybridized carbons (Fsp3) is 0.524. The molecule has 0 spiro atoms. The second-order valence-electron chi connectivity index (χ2n) is 7.29. The number of hydrogen-bond acceptors (Lipinski definition) is 4. The van der Waals surface area contributed by atoms with Crippen molar-refractivity contribution in [1.29, 1.82) is 5.26 Å². The molecule has 1 heterocycles. The highest BCUT2D eigenvalue weighted by Crippen LogP contribution is 2.31. The van der Waals surface area contributed by atoms with Gasteiger partial charge >= 0.3 is 0 Å². The zero-order valence-corrected chi connectivity index (χ0v) is 15.7. The van der Waals surface area contributed by atoms with Gasteiger partial charge < -0.3 is 4.90 Å². The van der Waals surface area contributed by atoms with Crippen molar-refractivity contribution >= 4 is 23.4 Å². The second-order valence-corrected chi connectivity index (χ2v) is 7.29. The Labute approximate surface area is 159 Å². The maximum absolute atomic E-state index is 13.1. The molecule has 0 N–H and O–H groups in total. The lowest BCUT2D eigenvalue weighted by atomic mass is 9.92. The van der Waals surface area contributed by atoms with Crippen molar-refractivity contribution in [2.24, 2.45) is 0 Å². The van der Waals surface area contributed by atoms with Crippen molar-refractivity contribution in [2.75, 3.05) is 4.90 Å². The highest BCUT2D eigenvalue weighted by molar-refractivity contribution is 6.23. The summed E-state index contributed by atoms with van der Waals surface area (Å²) < 4.78 is 0. The lowest BCUT2D eigenvalue weighted by Gasteiger charge is -2.37. The lowest BCUT2D eigenvalue weighted by molar-refractivity contribution is -0.141. The van der Waals surface area contributed by atoms with Crippen molar-refractivity contribution in [1.82, 2.24) is 4.90 Å². The molecule has 1 aliphatic heterocycles. The molecular formula is C21H25N3O3. The Kier molecular flexibility index (Phi) is 5.90. The number of carbonyl (C=O) groups is 3. The maximum Gasteiger partial charge on any atom is 0.257 e. The summed E-state index contributed by atoms with van der Waals surface area (Å²) in [6, 6.07) is 7.74. The predicted molar refractivity (Wildman–Crippen MR) is 101 cm³/mol. The van der Waals surface area contributed by atoms with Gasteiger partial charge in [0.1, 0.15) is 6.04 Å². The smallest absolute Gasteiger partial charge is 0.257 e. The summed E-state index contributed by atoms with van der Waals surface area (Å²) in [5.74, 6) is -0.656. The van der Waals surface area contributed by atoms with E-state index >= 15 is 0 Å². The average molecular weight is 367 g/mol. The zero-order valence-electron chi connectivity index (χ0n) is 15.7. The second kappa shape index (κ2) is 8.34. The van der Waals surface area contributed by atoms with Crippen molar-refractivity contribution in [3.05, 3.63) is 29.8 Å². The van der Waals surface area contributed by atoms with Crippen LogP contribution in [-0.4, -0.2) is 34.7 Å². The highest BCUT2D eigenvalue weighted by atomic mass is 16.2. The van der Waals surface area contributed by atoms with E-state index in [0.717, 1.165) is 38.5 Å². The summed E-state index contributed by atoms with van der Waals surface area (Å²) >= 11 is 0. The first-order chi connectivity index (χ1) is 13.1. The van der Waals surface area contributed by atoms with Crippen LogP contribution >= 0.6 is 0 Å². The number of nitrogens with zero attached hydrogens (tertiary/aromatic N) is 3. The number of imide groups is 1. The maximum atomic E-state index is 13.1. The minimum atomic E-state index is -0.713. The molecule has 27 heavy (non-hydrogen) atoms. The van der Waals surface area contributed by atoms with E-state index in [1.54, 1.807) is 29.2 Å². The average Bonchev–Trinajstić information content (AvgIpc) is 2.97. The molecule has 2 fully saturated rings. The zero-order chi connectivity index (χ0) is 19.4. The summed E-state index contributed by atoms with van der Waals surface area (Å²) in [5.41, 5.74) is 0.925. The number of carbonyl (C=O) groups excluding carboxylic acids is 3. The molecule has 1 aromatic carbocycles. The molecule has 6 heteroatoms. The molecule has 1 aromatic rings. The van der Waals surface area contributed by atoms with Crippen molar-refractivity contribution in [3.8, 4) is 6.07 Å². The lowest BCUT2D eigenvalue weighted by Crippen LogP contribution is -2.51. The molecule has 0 aromatic heterocycles. The molecule has 142 valence electrons. The van der Waals surface area contributed by atoms with Gasteiger partial charge in [-0.1, -0.05) is 26.2 Å². The van der Waals surface area contributed by atoms with Gasteiger partial charge in [0.2, 0.25) is 11.8 Å². The number of benzene rings is 1. The molecule has 3 amide bonds. The van der Waals surface area contributed by atoms with Crippen molar-refractivity contribution < 1.29 is 14.4 Å². The number of nitriles is 1. The quantitative estimate of drug-likeness (QED) is 0.749. The van der Waals surface area contributed by atoms with E-state index < -0.39 is 6.04 Å². The van der Waals surface area contributed by atoms with Crippen LogP contribution in [0.2, 0.25) is 0 Å². The summed E-state index contributed by atoms with van der Waals surface area (Å²) in [4.78, 5) is 41.4. The number of hydrogen-bond donors (Lipinski definition) is 0. The molecule has 1 unspecified atom stereocenters. The van der Waals surface area contributed by atoms with Gasteiger partial charge in [0, 0.05) is 12.5 Å². The van der Waals surface area contributed by atoms with Crippen LogP contribution in [0.4, 0.5) is 5.69 Å². The van der Waals surface area contributed by atoms with Crippen LogP contribution in [0.3, 0.4) is 0 Å². The Bertz CT molecular complexity index is 760. The monoisotopic (exact) mass is 367 g/mol. The molecule has 1 atom stereocenters. The van der Waals surface area contributed by atoms with Crippen molar-refractivity contribution in [2.45, 2.75) is 70.4 Å². The minimum absolute atomic E-state index is 0.0303. The largest absolute Gasteiger partial charge is 0.327 e. The first-order valence-corrected chi connectivity index (χ1v) is 9.75. The Morgan fingerprint density at radius 1 is 1.19 bits per heavy atom. The molecule has 2 aliphatic rings. The summed E-state index contributed by atoms with van der Waals surface area (Å²) in [7, 11) is 0. The summed E-state index contributed by atoms with van der Waals surface area (Å²) in [6.45, 7) is 1.95. The van der Waals surface area contributed by atoms with Gasteiger partial charge in [-0.2, -0.15) is 5.26 Å². The van der Waals surface area contributed by atoms with E-state index in [1.165, 1.54) is 4.90 Å². The number of anilines is 1. The molecule has 1 saturated heterocycles. The first-order valence-electron chi connectivity index (χ1n) is 9.75. The fourth-order valence-corrected chi connectivity index (χ4v) is 4.12. The van der Waals surface area contributed by atoms with Gasteiger partial charge in [-0.05, 0) is 43.5 Å². The molecule has 3 rings (SSSR count). The normalized spacial score (nSPS) is 20.6. The van der Waals surface area contributed by atoms with E-state index in [-0.39, 0.29) is 30.2 Å². The molecule has 1 aliphatic carbocycles. The SMILES string of the molecule is CCCC(=O)N(C1CCCCC1)C1CC(=O)N(c2ccc(C#N)cc2)C1=O. The summed E-state index contributed by atoms with van der Waals surface area (Å²) in [5, 5.41) is 8.93. The van der Waals surface area contributed by atoms with Gasteiger partial charge in [-0.3, -0.25) is 14.4 Å². The predicted octanol–water partition coefficient (Wildman–Crippen LogP) is 3.15. The highest BCUT2D eigenvalue weighted by Gasteiger charge is 2.46. The number of rotatable bonds is 5. The van der Waals surface area contributed by atoms with Crippen LogP contribution in [0.15, 0.2) is 24.3 Å². The Morgan fingerprint density at radius 3 is 2.44 bits per heavy atom. The van der Waals surface area contributed by atoms with Crippen LogP contribution in [0.1, 0.15) is 63.9 Å². The van der Waals surface area contributed by atoms with Gasteiger partial charge in [-0.25, -0.2) is 4.90 Å². The van der Waals surface area contributed by atoms with Gasteiger partial charge in [0.05, 0.1) is 23.7 Å². The first kappa shape index (κ1) is 19.1. The molecular weight excluding hydrogens is 342 g/mol. The van der Waals surface area contributed by atoms with E-state index in [4.69, 9.17) is 5.26 Å². The third-order valence-corrected chi connectivity index (χ3v) is 5.43. The van der Waals surface area contributed by atoms with Gasteiger partial charge in [0.15, 0.2) is 0 Å². The minimum Gasteiger partial charge on any atom is -0.327 e. The van der Waals surface area contributed by atoms with Crippen LogP contribution in [-0.2, 0) is 14.4 Å². The fourth-order valence-electron chi connectivity index (χ4n) is 4.12. The summed E-state index contributed by atoms with van der Waals surface area (Å²) in [6.07, 6.45) is 6.19. The molecule has 0 bridgehead atoms. The van der Waals surface area contributed by atoms with Crippen LogP contribution in [0.25, 0.3) is 0 Å². The van der Waals surface area contributed by atoms with Crippen LogP contribution in [0, 0.1) is 11.3 Å². The van der Waals surface area contributed by atoms with Crippen molar-refractivity contribution in [3.63, 3.8) is 0 Å². The standard InChI is InChI=1S/C21H25N3O3/c1-2-6-19(25)23(16-7-4-3-5-8-16)18-13-20(26)24(21(18)27)17-11-9-15(14-22)10-12-17/h9-12,16,18H,2-8,13H2,1H3. The number of amides is 3. The van der Waals surface area contributed by atoms with E-state index in [1.807, 2.05) is 13.0 Å². The molecule has 1 saturated carbocycles. The van der Waals surface area contributed by atoms with Crippen LogP contribution < -0.4 is 4.90 Å². The van der Waals surface area contributed by atoms with Gasteiger partial charge in [-0.15, -0.1) is 0 Å². The third-order valence-electron chi connectivity index (χ3n) is 5.43. The third kappa shape index (κ3) is 3.87. The van der Waals surface area contributed by atoms with Gasteiger partial charge in [0.25, 0.3) is 5.91 Å². The van der Waals surface area contributed by atoms with E-state index in [0.29, 0.717) is 17.7 Å². The Balaban J connectivity index is 1.87. The molecule has 6 nitrogen and oxygen atoms in total. The topological polar surface area (TPSA) is 81.5 Å². The molecule has 0 radical (unpaired) electrons. The Hall–Kier alpha value is -2.68.